The fraction of sp³-hybridized carbons (Fsp3) is 0.818. The van der Waals surface area contributed by atoms with Gasteiger partial charge in [-0.3, -0.25) is 0 Å². The van der Waals surface area contributed by atoms with E-state index >= 15 is 0 Å². The Hall–Kier alpha value is -0.480. The summed E-state index contributed by atoms with van der Waals surface area (Å²) in [4.78, 5) is 0. The molecule has 0 saturated carbocycles. The third-order valence-electron chi connectivity index (χ3n) is 2.28. The van der Waals surface area contributed by atoms with Gasteiger partial charge in [0.2, 0.25) is 0 Å². The minimum absolute atomic E-state index is 0.217. The van der Waals surface area contributed by atoms with Gasteiger partial charge < -0.3 is 5.73 Å². The van der Waals surface area contributed by atoms with Crippen LogP contribution in [0.2, 0.25) is 0 Å². The van der Waals surface area contributed by atoms with Gasteiger partial charge in [-0.25, -0.2) is 0 Å². The fourth-order valence-electron chi connectivity index (χ4n) is 1.62. The summed E-state index contributed by atoms with van der Waals surface area (Å²) in [5.74, 6) is 3.27. The molecule has 0 rings (SSSR count). The first-order valence-electron chi connectivity index (χ1n) is 4.95. The van der Waals surface area contributed by atoms with Crippen LogP contribution in [0.25, 0.3) is 0 Å². The van der Waals surface area contributed by atoms with Crippen LogP contribution in [0, 0.1) is 18.3 Å². The Kier molecular flexibility index (Phi) is 6.90. The summed E-state index contributed by atoms with van der Waals surface area (Å²) < 4.78 is 0. The Morgan fingerprint density at radius 3 is 2.08 bits per heavy atom. The molecule has 70 valence electrons. The lowest BCUT2D eigenvalue weighted by Gasteiger charge is -2.21. The van der Waals surface area contributed by atoms with E-state index in [1.807, 2.05) is 0 Å². The van der Waals surface area contributed by atoms with E-state index in [9.17, 15) is 0 Å². The van der Waals surface area contributed by atoms with Crippen LogP contribution in [0.3, 0.4) is 0 Å². The van der Waals surface area contributed by atoms with Gasteiger partial charge in [0.1, 0.15) is 0 Å². The SMILES string of the molecule is C#CCC(N)C(CCC)CCC. The highest BCUT2D eigenvalue weighted by atomic mass is 14.6. The maximum Gasteiger partial charge on any atom is 0.0241 e. The number of hydrogen-bond acceptors (Lipinski definition) is 1. The van der Waals surface area contributed by atoms with Crippen molar-refractivity contribution >= 4 is 0 Å². The lowest BCUT2D eigenvalue weighted by molar-refractivity contribution is 0.365. The van der Waals surface area contributed by atoms with Crippen molar-refractivity contribution in [1.82, 2.24) is 0 Å². The number of hydrogen-bond donors (Lipinski definition) is 1. The predicted molar refractivity (Wildman–Crippen MR) is 54.7 cm³/mol. The lowest BCUT2D eigenvalue weighted by atomic mass is 9.89. The summed E-state index contributed by atoms with van der Waals surface area (Å²) in [6.07, 6.45) is 10.8. The molecular formula is C11H21N. The molecule has 0 aromatic carbocycles. The molecule has 1 heteroatoms. The second-order valence-corrected chi connectivity index (χ2v) is 3.41. The van der Waals surface area contributed by atoms with E-state index in [2.05, 4.69) is 19.8 Å². The first-order chi connectivity index (χ1) is 5.76. The lowest BCUT2D eigenvalue weighted by Crippen LogP contribution is -2.29. The van der Waals surface area contributed by atoms with E-state index < -0.39 is 0 Å². The molecule has 0 aromatic rings. The van der Waals surface area contributed by atoms with Gasteiger partial charge in [0.15, 0.2) is 0 Å². The van der Waals surface area contributed by atoms with E-state index in [0.717, 1.165) is 6.42 Å². The molecule has 0 spiro atoms. The highest BCUT2D eigenvalue weighted by Gasteiger charge is 2.14. The quantitative estimate of drug-likeness (QED) is 0.604. The van der Waals surface area contributed by atoms with E-state index in [4.69, 9.17) is 12.2 Å². The average molecular weight is 167 g/mol. The maximum atomic E-state index is 5.96. The van der Waals surface area contributed by atoms with Gasteiger partial charge in [-0.2, -0.15) is 0 Å². The molecule has 2 N–H and O–H groups in total. The standard InChI is InChI=1S/C11H21N/c1-4-7-10(8-5-2)11(12)9-6-3/h3,10-11H,4-5,7-9,12H2,1-2H3. The first kappa shape index (κ1) is 11.5. The number of rotatable bonds is 6. The molecule has 0 fully saturated rings. The van der Waals surface area contributed by atoms with Crippen molar-refractivity contribution in [3.63, 3.8) is 0 Å². The van der Waals surface area contributed by atoms with Crippen molar-refractivity contribution in [2.24, 2.45) is 11.7 Å². The normalized spacial score (nSPS) is 12.9. The molecule has 0 aliphatic heterocycles. The Bertz CT molecular complexity index is 128. The second kappa shape index (κ2) is 7.18. The van der Waals surface area contributed by atoms with E-state index in [0.29, 0.717) is 5.92 Å². The third kappa shape index (κ3) is 4.41. The zero-order valence-corrected chi connectivity index (χ0v) is 8.34. The van der Waals surface area contributed by atoms with Crippen LogP contribution < -0.4 is 5.73 Å². The Balaban J connectivity index is 3.82. The monoisotopic (exact) mass is 167 g/mol. The van der Waals surface area contributed by atoms with Crippen molar-refractivity contribution in [3.8, 4) is 12.3 Å². The second-order valence-electron chi connectivity index (χ2n) is 3.41. The van der Waals surface area contributed by atoms with Gasteiger partial charge in [0.05, 0.1) is 0 Å². The fourth-order valence-corrected chi connectivity index (χ4v) is 1.62. The minimum atomic E-state index is 0.217. The molecule has 0 aliphatic carbocycles. The number of nitrogens with two attached hydrogens (primary N) is 1. The molecule has 0 aliphatic rings. The Morgan fingerprint density at radius 2 is 1.75 bits per heavy atom. The Morgan fingerprint density at radius 1 is 1.25 bits per heavy atom. The summed E-state index contributed by atoms with van der Waals surface area (Å²) >= 11 is 0. The van der Waals surface area contributed by atoms with Gasteiger partial charge in [0, 0.05) is 12.5 Å². The highest BCUT2D eigenvalue weighted by Crippen LogP contribution is 2.17. The summed E-state index contributed by atoms with van der Waals surface area (Å²) in [7, 11) is 0. The molecule has 1 atom stereocenters. The van der Waals surface area contributed by atoms with Crippen LogP contribution in [-0.4, -0.2) is 6.04 Å². The zero-order valence-electron chi connectivity index (χ0n) is 8.34. The van der Waals surface area contributed by atoms with Gasteiger partial charge in [-0.15, -0.1) is 12.3 Å². The molecule has 12 heavy (non-hydrogen) atoms. The predicted octanol–water partition coefficient (Wildman–Crippen LogP) is 2.55. The van der Waals surface area contributed by atoms with E-state index in [1.54, 1.807) is 0 Å². The first-order valence-corrected chi connectivity index (χ1v) is 4.95. The van der Waals surface area contributed by atoms with Crippen LogP contribution in [0.5, 0.6) is 0 Å². The van der Waals surface area contributed by atoms with Crippen molar-refractivity contribution in [2.45, 2.75) is 52.0 Å². The van der Waals surface area contributed by atoms with Gasteiger partial charge in [-0.1, -0.05) is 26.7 Å². The van der Waals surface area contributed by atoms with Crippen LogP contribution in [0.4, 0.5) is 0 Å². The molecule has 0 radical (unpaired) electrons. The largest absolute Gasteiger partial charge is 0.327 e. The van der Waals surface area contributed by atoms with Crippen molar-refractivity contribution in [2.75, 3.05) is 0 Å². The maximum absolute atomic E-state index is 5.96. The van der Waals surface area contributed by atoms with Crippen molar-refractivity contribution in [1.29, 1.82) is 0 Å². The zero-order chi connectivity index (χ0) is 9.40. The average Bonchev–Trinajstić information content (AvgIpc) is 2.04. The van der Waals surface area contributed by atoms with Crippen LogP contribution in [0.1, 0.15) is 46.0 Å². The molecule has 0 bridgehead atoms. The van der Waals surface area contributed by atoms with Crippen LogP contribution >= 0.6 is 0 Å². The van der Waals surface area contributed by atoms with Crippen molar-refractivity contribution < 1.29 is 0 Å². The van der Waals surface area contributed by atoms with Gasteiger partial charge in [-0.05, 0) is 18.8 Å². The molecule has 0 heterocycles. The van der Waals surface area contributed by atoms with Gasteiger partial charge >= 0.3 is 0 Å². The summed E-state index contributed by atoms with van der Waals surface area (Å²) in [5.41, 5.74) is 5.96. The van der Waals surface area contributed by atoms with E-state index in [-0.39, 0.29) is 6.04 Å². The molecular weight excluding hydrogens is 146 g/mol. The summed E-state index contributed by atoms with van der Waals surface area (Å²) in [5, 5.41) is 0. The topological polar surface area (TPSA) is 26.0 Å². The molecule has 1 nitrogen and oxygen atoms in total. The highest BCUT2D eigenvalue weighted by molar-refractivity contribution is 4.90. The Labute approximate surface area is 76.7 Å². The third-order valence-corrected chi connectivity index (χ3v) is 2.28. The summed E-state index contributed by atoms with van der Waals surface area (Å²) in [6.45, 7) is 4.40. The van der Waals surface area contributed by atoms with E-state index in [1.165, 1.54) is 25.7 Å². The van der Waals surface area contributed by atoms with Gasteiger partial charge in [0.25, 0.3) is 0 Å². The minimum Gasteiger partial charge on any atom is -0.327 e. The van der Waals surface area contributed by atoms with Crippen LogP contribution in [0.15, 0.2) is 0 Å². The van der Waals surface area contributed by atoms with Crippen molar-refractivity contribution in [3.05, 3.63) is 0 Å². The molecule has 0 aromatic heterocycles. The van der Waals surface area contributed by atoms with Crippen LogP contribution in [-0.2, 0) is 0 Å². The smallest absolute Gasteiger partial charge is 0.0241 e. The summed E-state index contributed by atoms with van der Waals surface area (Å²) in [6, 6.07) is 0.217. The molecule has 1 unspecified atom stereocenters. The number of terminal acetylenes is 1. The molecule has 0 saturated heterocycles. The molecule has 0 amide bonds.